The number of nitriles is 1. The van der Waals surface area contributed by atoms with E-state index < -0.39 is 12.0 Å². The molecule has 0 saturated heterocycles. The first-order chi connectivity index (χ1) is 12.6. The van der Waals surface area contributed by atoms with E-state index >= 15 is 0 Å². The lowest BCUT2D eigenvalue weighted by atomic mass is 10.3. The Labute approximate surface area is 155 Å². The van der Waals surface area contributed by atoms with Crippen molar-refractivity contribution in [2.45, 2.75) is 13.0 Å². The average Bonchev–Trinajstić information content (AvgIpc) is 3.05. The number of hydrogen-bond acceptors (Lipinski definition) is 4. The molecule has 0 fully saturated rings. The quantitative estimate of drug-likeness (QED) is 0.744. The zero-order valence-corrected chi connectivity index (χ0v) is 14.6. The first-order valence-electron chi connectivity index (χ1n) is 7.85. The van der Waals surface area contributed by atoms with Crippen LogP contribution in [0.15, 0.2) is 60.8 Å². The number of aromatic nitrogens is 2. The molecule has 1 heterocycles. The zero-order chi connectivity index (χ0) is 18.5. The molecule has 3 aromatic rings. The van der Waals surface area contributed by atoms with Crippen LogP contribution < -0.4 is 10.1 Å². The van der Waals surface area contributed by atoms with Crippen LogP contribution in [-0.4, -0.2) is 21.8 Å². The van der Waals surface area contributed by atoms with Crippen molar-refractivity contribution in [3.63, 3.8) is 0 Å². The van der Waals surface area contributed by atoms with Crippen LogP contribution >= 0.6 is 11.6 Å². The lowest BCUT2D eigenvalue weighted by molar-refractivity contribution is -0.122. The maximum Gasteiger partial charge on any atom is 0.266 e. The molecular formula is C19H15ClN4O2. The fraction of sp³-hybridized carbons (Fsp3) is 0.105. The largest absolute Gasteiger partial charge is 0.481 e. The second-order valence-electron chi connectivity index (χ2n) is 5.47. The number of rotatable bonds is 5. The van der Waals surface area contributed by atoms with Crippen LogP contribution in [-0.2, 0) is 4.79 Å². The van der Waals surface area contributed by atoms with Gasteiger partial charge in [-0.05, 0) is 37.3 Å². The number of ether oxygens (including phenoxy) is 1. The smallest absolute Gasteiger partial charge is 0.266 e. The highest BCUT2D eigenvalue weighted by atomic mass is 35.5. The average molecular weight is 367 g/mol. The number of benzene rings is 2. The molecule has 7 heteroatoms. The van der Waals surface area contributed by atoms with Gasteiger partial charge in [0.05, 0.1) is 11.9 Å². The highest BCUT2D eigenvalue weighted by Crippen LogP contribution is 2.21. The van der Waals surface area contributed by atoms with E-state index in [4.69, 9.17) is 16.3 Å². The molecule has 26 heavy (non-hydrogen) atoms. The third kappa shape index (κ3) is 3.85. The first kappa shape index (κ1) is 17.5. The van der Waals surface area contributed by atoms with Gasteiger partial charge in [0.25, 0.3) is 5.91 Å². The normalized spacial score (nSPS) is 11.4. The van der Waals surface area contributed by atoms with Crippen molar-refractivity contribution in [3.05, 3.63) is 71.4 Å². The van der Waals surface area contributed by atoms with E-state index in [0.717, 1.165) is 5.69 Å². The van der Waals surface area contributed by atoms with E-state index in [1.54, 1.807) is 31.2 Å². The number of carbonyl (C=O) groups is 1. The summed E-state index contributed by atoms with van der Waals surface area (Å²) in [6, 6.07) is 18.0. The van der Waals surface area contributed by atoms with Crippen LogP contribution in [0.25, 0.3) is 5.69 Å². The van der Waals surface area contributed by atoms with Gasteiger partial charge in [-0.15, -0.1) is 0 Å². The van der Waals surface area contributed by atoms with Gasteiger partial charge in [0, 0.05) is 5.02 Å². The molecule has 0 unspecified atom stereocenters. The minimum atomic E-state index is -0.792. The molecular weight excluding hydrogens is 352 g/mol. The summed E-state index contributed by atoms with van der Waals surface area (Å²) in [4.78, 5) is 12.5. The van der Waals surface area contributed by atoms with Crippen LogP contribution in [0.5, 0.6) is 5.75 Å². The van der Waals surface area contributed by atoms with Crippen molar-refractivity contribution >= 4 is 23.3 Å². The number of nitrogens with one attached hydrogen (secondary N) is 1. The van der Waals surface area contributed by atoms with Crippen LogP contribution in [0, 0.1) is 11.3 Å². The van der Waals surface area contributed by atoms with Crippen LogP contribution in [0.2, 0.25) is 5.02 Å². The van der Waals surface area contributed by atoms with Gasteiger partial charge in [-0.2, -0.15) is 10.4 Å². The van der Waals surface area contributed by atoms with E-state index in [9.17, 15) is 10.1 Å². The van der Waals surface area contributed by atoms with Crippen molar-refractivity contribution in [2.24, 2.45) is 0 Å². The van der Waals surface area contributed by atoms with Crippen LogP contribution in [0.4, 0.5) is 5.82 Å². The van der Waals surface area contributed by atoms with Gasteiger partial charge >= 0.3 is 0 Å². The monoisotopic (exact) mass is 366 g/mol. The molecule has 3 rings (SSSR count). The summed E-state index contributed by atoms with van der Waals surface area (Å²) in [5, 5.41) is 16.7. The first-order valence-corrected chi connectivity index (χ1v) is 8.23. The minimum Gasteiger partial charge on any atom is -0.481 e. The molecule has 0 spiro atoms. The summed E-state index contributed by atoms with van der Waals surface area (Å²) in [7, 11) is 0. The maximum absolute atomic E-state index is 12.5. The predicted molar refractivity (Wildman–Crippen MR) is 98.5 cm³/mol. The van der Waals surface area contributed by atoms with Crippen molar-refractivity contribution in [1.82, 2.24) is 9.78 Å². The number of anilines is 1. The Morgan fingerprint density at radius 1 is 1.27 bits per heavy atom. The molecule has 6 nitrogen and oxygen atoms in total. The molecule has 130 valence electrons. The SMILES string of the molecule is C[C@@H](Oc1cccc(Cl)c1)C(=O)Nc1c(C#N)cnn1-c1ccccc1. The van der Waals surface area contributed by atoms with E-state index in [-0.39, 0.29) is 5.56 Å². The molecule has 1 amide bonds. The number of nitrogens with zero attached hydrogens (tertiary/aromatic N) is 3. The lowest BCUT2D eigenvalue weighted by Crippen LogP contribution is -2.31. The molecule has 0 bridgehead atoms. The van der Waals surface area contributed by atoms with Crippen molar-refractivity contribution in [3.8, 4) is 17.5 Å². The third-order valence-corrected chi connectivity index (χ3v) is 3.85. The van der Waals surface area contributed by atoms with Gasteiger partial charge in [0.1, 0.15) is 17.4 Å². The predicted octanol–water partition coefficient (Wildman–Crippen LogP) is 3.80. The van der Waals surface area contributed by atoms with Crippen LogP contribution in [0.1, 0.15) is 12.5 Å². The third-order valence-electron chi connectivity index (χ3n) is 3.61. The molecule has 2 aromatic carbocycles. The van der Waals surface area contributed by atoms with E-state index in [2.05, 4.69) is 10.4 Å². The number of hydrogen-bond donors (Lipinski definition) is 1. The van der Waals surface area contributed by atoms with Gasteiger partial charge in [0.15, 0.2) is 11.9 Å². The van der Waals surface area contributed by atoms with Crippen molar-refractivity contribution in [2.75, 3.05) is 5.32 Å². The van der Waals surface area contributed by atoms with Crippen molar-refractivity contribution in [1.29, 1.82) is 5.26 Å². The molecule has 1 N–H and O–H groups in total. The summed E-state index contributed by atoms with van der Waals surface area (Å²) >= 11 is 5.92. The van der Waals surface area contributed by atoms with Gasteiger partial charge < -0.3 is 10.1 Å². The molecule has 0 aliphatic carbocycles. The molecule has 0 aliphatic heterocycles. The Morgan fingerprint density at radius 3 is 2.73 bits per heavy atom. The zero-order valence-electron chi connectivity index (χ0n) is 13.9. The molecule has 0 saturated carbocycles. The number of amides is 1. The summed E-state index contributed by atoms with van der Waals surface area (Å²) < 4.78 is 7.12. The Balaban J connectivity index is 1.81. The standard InChI is InChI=1S/C19H15ClN4O2/c1-13(26-17-9-5-6-15(20)10-17)19(25)23-18-14(11-21)12-22-24(18)16-7-3-2-4-8-16/h2-10,12-13H,1H3,(H,23,25)/t13-/m1/s1. The second kappa shape index (κ2) is 7.72. The molecule has 0 radical (unpaired) electrons. The lowest BCUT2D eigenvalue weighted by Gasteiger charge is -2.16. The van der Waals surface area contributed by atoms with Gasteiger partial charge in [0.2, 0.25) is 0 Å². The second-order valence-corrected chi connectivity index (χ2v) is 5.91. The Kier molecular flexibility index (Phi) is 5.20. The summed E-state index contributed by atoms with van der Waals surface area (Å²) in [6.07, 6.45) is 0.615. The maximum atomic E-state index is 12.5. The Morgan fingerprint density at radius 2 is 2.04 bits per heavy atom. The van der Waals surface area contributed by atoms with E-state index in [1.807, 2.05) is 36.4 Å². The fourth-order valence-corrected chi connectivity index (χ4v) is 2.51. The fourth-order valence-electron chi connectivity index (χ4n) is 2.33. The van der Waals surface area contributed by atoms with Gasteiger partial charge in [-0.1, -0.05) is 35.9 Å². The van der Waals surface area contributed by atoms with E-state index in [0.29, 0.717) is 16.6 Å². The minimum absolute atomic E-state index is 0.261. The topological polar surface area (TPSA) is 79.9 Å². The number of carbonyl (C=O) groups excluding carboxylic acids is 1. The van der Waals surface area contributed by atoms with Crippen LogP contribution in [0.3, 0.4) is 0 Å². The molecule has 1 aromatic heterocycles. The number of para-hydroxylation sites is 1. The summed E-state index contributed by atoms with van der Waals surface area (Å²) in [5.41, 5.74) is 0.991. The van der Waals surface area contributed by atoms with Crippen molar-refractivity contribution < 1.29 is 9.53 Å². The number of halogens is 1. The molecule has 0 aliphatic rings. The Hall–Kier alpha value is -3.30. The van der Waals surface area contributed by atoms with Gasteiger partial charge in [-0.25, -0.2) is 4.68 Å². The summed E-state index contributed by atoms with van der Waals surface area (Å²) in [5.74, 6) is 0.377. The molecule has 1 atom stereocenters. The van der Waals surface area contributed by atoms with E-state index in [1.165, 1.54) is 10.9 Å². The van der Waals surface area contributed by atoms with Gasteiger partial charge in [-0.3, -0.25) is 4.79 Å². The highest BCUT2D eigenvalue weighted by Gasteiger charge is 2.20. The summed E-state index contributed by atoms with van der Waals surface area (Å²) in [6.45, 7) is 1.62. The Bertz CT molecular complexity index is 963. The highest BCUT2D eigenvalue weighted by molar-refractivity contribution is 6.30.